The summed E-state index contributed by atoms with van der Waals surface area (Å²) in [6.45, 7) is 4.01. The van der Waals surface area contributed by atoms with Crippen LogP contribution in [-0.2, 0) is 4.74 Å². The third-order valence-corrected chi connectivity index (χ3v) is 3.32. The van der Waals surface area contributed by atoms with Crippen LogP contribution in [0.25, 0.3) is 0 Å². The molecule has 1 rings (SSSR count). The molecule has 0 radical (unpaired) electrons. The Balaban J connectivity index is 2.91. The maximum atomic E-state index is 13.4. The molecule has 0 aromatic heterocycles. The number of benzene rings is 1. The number of aliphatic hydroxyl groups excluding tert-OH is 1. The van der Waals surface area contributed by atoms with Crippen LogP contribution in [-0.4, -0.2) is 24.6 Å². The number of methoxy groups -OCH3 is 1. The molecule has 0 aliphatic rings. The lowest BCUT2D eigenvalue weighted by Crippen LogP contribution is -1.99. The Morgan fingerprint density at radius 2 is 2.19 bits per heavy atom. The van der Waals surface area contributed by atoms with Crippen LogP contribution < -0.4 is 0 Å². The molecule has 1 aromatic rings. The van der Waals surface area contributed by atoms with Gasteiger partial charge < -0.3 is 9.84 Å². The van der Waals surface area contributed by atoms with Crippen LogP contribution in [0.2, 0.25) is 0 Å². The number of aryl methyl sites for hydroxylation is 1. The predicted molar refractivity (Wildman–Crippen MR) is 64.4 cm³/mol. The van der Waals surface area contributed by atoms with Gasteiger partial charge in [0.2, 0.25) is 0 Å². The highest BCUT2D eigenvalue weighted by molar-refractivity contribution is 7.99. The molecule has 16 heavy (non-hydrogen) atoms. The second-order valence-corrected chi connectivity index (χ2v) is 4.79. The first-order chi connectivity index (χ1) is 7.56. The Kier molecular flexibility index (Phi) is 5.25. The smallest absolute Gasteiger partial charge is 0.126 e. The fourth-order valence-corrected chi connectivity index (χ4v) is 2.48. The molecule has 1 unspecified atom stereocenters. The number of hydrogen-bond donors (Lipinski definition) is 1. The molecule has 0 fully saturated rings. The first-order valence-electron chi connectivity index (χ1n) is 5.16. The van der Waals surface area contributed by atoms with Crippen molar-refractivity contribution in [3.8, 4) is 0 Å². The van der Waals surface area contributed by atoms with E-state index in [9.17, 15) is 9.50 Å². The molecule has 0 saturated carbocycles. The molecule has 0 aliphatic carbocycles. The van der Waals surface area contributed by atoms with Crippen LogP contribution >= 0.6 is 11.8 Å². The highest BCUT2D eigenvalue weighted by Crippen LogP contribution is 2.29. The van der Waals surface area contributed by atoms with E-state index in [2.05, 4.69) is 0 Å². The van der Waals surface area contributed by atoms with Gasteiger partial charge in [0.25, 0.3) is 0 Å². The molecule has 90 valence electrons. The summed E-state index contributed by atoms with van der Waals surface area (Å²) in [4.78, 5) is 0.922. The number of hydrogen-bond acceptors (Lipinski definition) is 3. The Morgan fingerprint density at radius 3 is 2.75 bits per heavy atom. The Morgan fingerprint density at radius 1 is 1.50 bits per heavy atom. The molecule has 0 spiro atoms. The van der Waals surface area contributed by atoms with Gasteiger partial charge in [-0.25, -0.2) is 4.39 Å². The zero-order chi connectivity index (χ0) is 12.1. The summed E-state index contributed by atoms with van der Waals surface area (Å²) in [5, 5.41) is 9.57. The Bertz CT molecular complexity index is 353. The molecule has 0 bridgehead atoms. The Labute approximate surface area is 99.8 Å². The van der Waals surface area contributed by atoms with Gasteiger partial charge in [0.15, 0.2) is 0 Å². The molecule has 2 nitrogen and oxygen atoms in total. The number of halogens is 1. The molecule has 1 N–H and O–H groups in total. The average molecular weight is 244 g/mol. The third-order valence-electron chi connectivity index (χ3n) is 2.29. The van der Waals surface area contributed by atoms with Crippen molar-refractivity contribution >= 4 is 11.8 Å². The molecule has 1 atom stereocenters. The molecule has 4 heteroatoms. The normalized spacial score (nSPS) is 12.8. The molecule has 0 heterocycles. The fourth-order valence-electron chi connectivity index (χ4n) is 1.36. The van der Waals surface area contributed by atoms with Crippen molar-refractivity contribution in [3.05, 3.63) is 29.1 Å². The van der Waals surface area contributed by atoms with Crippen LogP contribution in [0.5, 0.6) is 0 Å². The van der Waals surface area contributed by atoms with Crippen LogP contribution in [0.3, 0.4) is 0 Å². The van der Waals surface area contributed by atoms with E-state index in [4.69, 9.17) is 4.74 Å². The number of aliphatic hydroxyl groups is 1. The van der Waals surface area contributed by atoms with Gasteiger partial charge in [0, 0.05) is 17.8 Å². The van der Waals surface area contributed by atoms with Crippen LogP contribution in [0, 0.1) is 12.7 Å². The third kappa shape index (κ3) is 3.47. The predicted octanol–water partition coefficient (Wildman–Crippen LogP) is 2.93. The number of thioether (sulfide) groups is 1. The molecule has 0 aliphatic heterocycles. The highest BCUT2D eigenvalue weighted by atomic mass is 32.2. The first kappa shape index (κ1) is 13.5. The minimum Gasteiger partial charge on any atom is -0.389 e. The summed E-state index contributed by atoms with van der Waals surface area (Å²) in [5.41, 5.74) is 1.24. The van der Waals surface area contributed by atoms with E-state index < -0.39 is 6.10 Å². The standard InChI is InChI=1S/C12H17FO2S/c1-8-6-12(16-5-4-15-3)10(9(2)14)7-11(8)13/h6-7,9,14H,4-5H2,1-3H3. The van der Waals surface area contributed by atoms with E-state index in [0.717, 1.165) is 10.6 Å². The number of ether oxygens (including phenoxy) is 1. The van der Waals surface area contributed by atoms with Gasteiger partial charge in [-0.1, -0.05) is 0 Å². The Hall–Kier alpha value is -0.580. The van der Waals surface area contributed by atoms with Crippen molar-refractivity contribution in [1.29, 1.82) is 0 Å². The SMILES string of the molecule is COCCSc1cc(C)c(F)cc1C(C)O. The molecule has 0 saturated heterocycles. The molecular weight excluding hydrogens is 227 g/mol. The molecule has 1 aromatic carbocycles. The second kappa shape index (κ2) is 6.23. The van der Waals surface area contributed by atoms with Crippen molar-refractivity contribution in [1.82, 2.24) is 0 Å². The summed E-state index contributed by atoms with van der Waals surface area (Å²) < 4.78 is 18.3. The maximum absolute atomic E-state index is 13.4. The average Bonchev–Trinajstić information content (AvgIpc) is 2.23. The van der Waals surface area contributed by atoms with E-state index in [-0.39, 0.29) is 5.82 Å². The van der Waals surface area contributed by atoms with Crippen LogP contribution in [0.15, 0.2) is 17.0 Å². The van der Waals surface area contributed by atoms with Gasteiger partial charge >= 0.3 is 0 Å². The first-order valence-corrected chi connectivity index (χ1v) is 6.14. The second-order valence-electron chi connectivity index (χ2n) is 3.66. The minimum absolute atomic E-state index is 0.271. The lowest BCUT2D eigenvalue weighted by atomic mass is 10.1. The van der Waals surface area contributed by atoms with Gasteiger partial charge in [0.1, 0.15) is 5.82 Å². The van der Waals surface area contributed by atoms with E-state index in [1.54, 1.807) is 38.8 Å². The van der Waals surface area contributed by atoms with Gasteiger partial charge in [-0.3, -0.25) is 0 Å². The number of rotatable bonds is 5. The summed E-state index contributed by atoms with van der Waals surface area (Å²) in [7, 11) is 1.64. The highest BCUT2D eigenvalue weighted by Gasteiger charge is 2.11. The topological polar surface area (TPSA) is 29.5 Å². The maximum Gasteiger partial charge on any atom is 0.126 e. The van der Waals surface area contributed by atoms with Crippen molar-refractivity contribution in [2.75, 3.05) is 19.5 Å². The van der Waals surface area contributed by atoms with Gasteiger partial charge in [-0.2, -0.15) is 0 Å². The van der Waals surface area contributed by atoms with E-state index in [1.807, 2.05) is 0 Å². The fraction of sp³-hybridized carbons (Fsp3) is 0.500. The van der Waals surface area contributed by atoms with Crippen molar-refractivity contribution in [2.24, 2.45) is 0 Å². The summed E-state index contributed by atoms with van der Waals surface area (Å²) in [6.07, 6.45) is -0.653. The summed E-state index contributed by atoms with van der Waals surface area (Å²) in [5.74, 6) is 0.522. The van der Waals surface area contributed by atoms with E-state index >= 15 is 0 Å². The van der Waals surface area contributed by atoms with Crippen LogP contribution in [0.4, 0.5) is 4.39 Å². The van der Waals surface area contributed by atoms with Gasteiger partial charge in [-0.05, 0) is 37.1 Å². The molecule has 0 amide bonds. The molecular formula is C12H17FO2S. The lowest BCUT2D eigenvalue weighted by Gasteiger charge is -2.13. The van der Waals surface area contributed by atoms with Gasteiger partial charge in [0.05, 0.1) is 12.7 Å². The minimum atomic E-state index is -0.653. The quantitative estimate of drug-likeness (QED) is 0.638. The zero-order valence-corrected chi connectivity index (χ0v) is 10.6. The summed E-state index contributed by atoms with van der Waals surface area (Å²) >= 11 is 1.57. The van der Waals surface area contributed by atoms with Crippen LogP contribution in [0.1, 0.15) is 24.2 Å². The van der Waals surface area contributed by atoms with E-state index in [1.165, 1.54) is 6.07 Å². The van der Waals surface area contributed by atoms with Crippen molar-refractivity contribution in [2.45, 2.75) is 24.8 Å². The zero-order valence-electron chi connectivity index (χ0n) is 9.79. The van der Waals surface area contributed by atoms with Crippen molar-refractivity contribution in [3.63, 3.8) is 0 Å². The monoisotopic (exact) mass is 244 g/mol. The largest absolute Gasteiger partial charge is 0.389 e. The summed E-state index contributed by atoms with van der Waals surface area (Å²) in [6, 6.07) is 3.19. The van der Waals surface area contributed by atoms with Gasteiger partial charge in [-0.15, -0.1) is 11.8 Å². The lowest BCUT2D eigenvalue weighted by molar-refractivity contribution is 0.195. The van der Waals surface area contributed by atoms with E-state index in [0.29, 0.717) is 17.7 Å². The van der Waals surface area contributed by atoms with Crippen molar-refractivity contribution < 1.29 is 14.2 Å².